The molecule has 0 unspecified atom stereocenters. The Kier molecular flexibility index (Phi) is 6.28. The van der Waals surface area contributed by atoms with Crippen molar-refractivity contribution < 1.29 is 14.7 Å². The van der Waals surface area contributed by atoms with Gasteiger partial charge in [-0.25, -0.2) is 4.79 Å². The number of nitrogens with two attached hydrogens (primary N) is 1. The van der Waals surface area contributed by atoms with Gasteiger partial charge in [0.1, 0.15) is 6.04 Å². The minimum Gasteiger partial charge on any atom is -0.480 e. The molecule has 19 heavy (non-hydrogen) atoms. The van der Waals surface area contributed by atoms with Crippen molar-refractivity contribution in [1.82, 2.24) is 5.32 Å². The standard InChI is InChI=1S/C14H26N2O3/c1-2-3-7-11(12(17)18)16-13(19)14(10-15)8-5-4-6-9-14/h11H,2-10,15H2,1H3,(H,16,19)(H,17,18)/t11-/m0/s1. The molecule has 0 aromatic carbocycles. The first kappa shape index (κ1) is 16.0. The molecule has 5 heteroatoms. The van der Waals surface area contributed by atoms with Crippen LogP contribution in [0.15, 0.2) is 0 Å². The lowest BCUT2D eigenvalue weighted by molar-refractivity contribution is -0.144. The third-order valence-electron chi connectivity index (χ3n) is 4.13. The fourth-order valence-electron chi connectivity index (χ4n) is 2.73. The van der Waals surface area contributed by atoms with E-state index in [0.29, 0.717) is 13.0 Å². The topological polar surface area (TPSA) is 92.4 Å². The van der Waals surface area contributed by atoms with Crippen molar-refractivity contribution in [3.63, 3.8) is 0 Å². The molecule has 1 saturated carbocycles. The number of amides is 1. The van der Waals surface area contributed by atoms with Crippen molar-refractivity contribution in [2.45, 2.75) is 64.3 Å². The van der Waals surface area contributed by atoms with Crippen molar-refractivity contribution in [2.24, 2.45) is 11.1 Å². The number of rotatable bonds is 7. The van der Waals surface area contributed by atoms with Crippen LogP contribution in [0.4, 0.5) is 0 Å². The molecular formula is C14H26N2O3. The van der Waals surface area contributed by atoms with Crippen LogP contribution in [0.3, 0.4) is 0 Å². The fraction of sp³-hybridized carbons (Fsp3) is 0.857. The average Bonchev–Trinajstić information content (AvgIpc) is 2.43. The average molecular weight is 270 g/mol. The highest BCUT2D eigenvalue weighted by atomic mass is 16.4. The molecule has 1 rings (SSSR count). The molecule has 0 bridgehead atoms. The predicted molar refractivity (Wildman–Crippen MR) is 73.7 cm³/mol. The summed E-state index contributed by atoms with van der Waals surface area (Å²) in [6.45, 7) is 2.31. The zero-order chi connectivity index (χ0) is 14.3. The van der Waals surface area contributed by atoms with E-state index >= 15 is 0 Å². The van der Waals surface area contributed by atoms with E-state index in [1.807, 2.05) is 6.92 Å². The lowest BCUT2D eigenvalue weighted by atomic mass is 9.73. The normalized spacial score (nSPS) is 19.7. The van der Waals surface area contributed by atoms with Crippen LogP contribution in [0.1, 0.15) is 58.3 Å². The zero-order valence-corrected chi connectivity index (χ0v) is 11.8. The van der Waals surface area contributed by atoms with Crippen LogP contribution < -0.4 is 11.1 Å². The maximum atomic E-state index is 12.4. The Bertz CT molecular complexity index is 312. The Labute approximate surface area is 114 Å². The number of carboxylic acid groups (broad SMARTS) is 1. The summed E-state index contributed by atoms with van der Waals surface area (Å²) in [5, 5.41) is 11.9. The zero-order valence-electron chi connectivity index (χ0n) is 11.8. The number of aliphatic carboxylic acids is 1. The highest BCUT2D eigenvalue weighted by Crippen LogP contribution is 2.35. The molecular weight excluding hydrogens is 244 g/mol. The second-order valence-electron chi connectivity index (χ2n) is 5.55. The third kappa shape index (κ3) is 4.20. The molecule has 110 valence electrons. The van der Waals surface area contributed by atoms with Crippen LogP contribution in [-0.2, 0) is 9.59 Å². The van der Waals surface area contributed by atoms with Gasteiger partial charge < -0.3 is 16.2 Å². The second kappa shape index (κ2) is 7.48. The molecule has 0 aliphatic heterocycles. The predicted octanol–water partition coefficient (Wildman–Crippen LogP) is 1.66. The second-order valence-corrected chi connectivity index (χ2v) is 5.55. The van der Waals surface area contributed by atoms with E-state index in [9.17, 15) is 9.59 Å². The number of carboxylic acids is 1. The van der Waals surface area contributed by atoms with Crippen LogP contribution in [-0.4, -0.2) is 29.6 Å². The molecule has 5 nitrogen and oxygen atoms in total. The Morgan fingerprint density at radius 1 is 1.32 bits per heavy atom. The summed E-state index contributed by atoms with van der Waals surface area (Å²) >= 11 is 0. The Balaban J connectivity index is 2.65. The van der Waals surface area contributed by atoms with E-state index in [2.05, 4.69) is 5.32 Å². The lowest BCUT2D eigenvalue weighted by Gasteiger charge is -2.35. The minimum atomic E-state index is -0.954. The summed E-state index contributed by atoms with van der Waals surface area (Å²) < 4.78 is 0. The van der Waals surface area contributed by atoms with Crippen LogP contribution in [0.2, 0.25) is 0 Å². The van der Waals surface area contributed by atoms with Gasteiger partial charge >= 0.3 is 5.97 Å². The van der Waals surface area contributed by atoms with Crippen LogP contribution in [0, 0.1) is 5.41 Å². The molecule has 4 N–H and O–H groups in total. The number of hydrogen-bond acceptors (Lipinski definition) is 3. The minimum absolute atomic E-state index is 0.168. The highest BCUT2D eigenvalue weighted by Gasteiger charge is 2.39. The molecule has 1 fully saturated rings. The Morgan fingerprint density at radius 3 is 2.42 bits per heavy atom. The molecule has 1 aliphatic rings. The summed E-state index contributed by atoms with van der Waals surface area (Å²) in [7, 11) is 0. The largest absolute Gasteiger partial charge is 0.480 e. The third-order valence-corrected chi connectivity index (χ3v) is 4.13. The molecule has 0 radical (unpaired) electrons. The molecule has 0 spiro atoms. The monoisotopic (exact) mass is 270 g/mol. The fourth-order valence-corrected chi connectivity index (χ4v) is 2.73. The van der Waals surface area contributed by atoms with Gasteiger partial charge in [0.25, 0.3) is 0 Å². The van der Waals surface area contributed by atoms with Crippen molar-refractivity contribution in [1.29, 1.82) is 0 Å². The van der Waals surface area contributed by atoms with Crippen molar-refractivity contribution >= 4 is 11.9 Å². The summed E-state index contributed by atoms with van der Waals surface area (Å²) in [6, 6.07) is -0.780. The van der Waals surface area contributed by atoms with E-state index in [4.69, 9.17) is 10.8 Å². The van der Waals surface area contributed by atoms with Crippen LogP contribution in [0.25, 0.3) is 0 Å². The van der Waals surface area contributed by atoms with Gasteiger partial charge in [0.05, 0.1) is 5.41 Å². The lowest BCUT2D eigenvalue weighted by Crippen LogP contribution is -2.52. The maximum Gasteiger partial charge on any atom is 0.326 e. The van der Waals surface area contributed by atoms with Crippen molar-refractivity contribution in [2.75, 3.05) is 6.54 Å². The van der Waals surface area contributed by atoms with Gasteiger partial charge in [0, 0.05) is 6.54 Å². The van der Waals surface area contributed by atoms with Gasteiger partial charge in [0.2, 0.25) is 5.91 Å². The maximum absolute atomic E-state index is 12.4. The van der Waals surface area contributed by atoms with E-state index in [1.165, 1.54) is 0 Å². The van der Waals surface area contributed by atoms with Crippen LogP contribution >= 0.6 is 0 Å². The van der Waals surface area contributed by atoms with Gasteiger partial charge in [-0.15, -0.1) is 0 Å². The highest BCUT2D eigenvalue weighted by molar-refractivity contribution is 5.87. The van der Waals surface area contributed by atoms with Gasteiger partial charge in [-0.3, -0.25) is 4.79 Å². The number of hydrogen-bond donors (Lipinski definition) is 3. The van der Waals surface area contributed by atoms with E-state index < -0.39 is 17.4 Å². The quantitative estimate of drug-likeness (QED) is 0.656. The molecule has 1 atom stereocenters. The number of nitrogens with one attached hydrogen (secondary N) is 1. The molecule has 0 aromatic rings. The number of carbonyl (C=O) groups excluding carboxylic acids is 1. The molecule has 1 aliphatic carbocycles. The first-order valence-corrected chi connectivity index (χ1v) is 7.29. The van der Waals surface area contributed by atoms with E-state index in [-0.39, 0.29) is 5.91 Å². The first-order chi connectivity index (χ1) is 9.05. The molecule has 1 amide bonds. The molecule has 0 aromatic heterocycles. The van der Waals surface area contributed by atoms with E-state index in [0.717, 1.165) is 44.9 Å². The van der Waals surface area contributed by atoms with Gasteiger partial charge in [-0.05, 0) is 19.3 Å². The summed E-state index contributed by atoms with van der Waals surface area (Å²) in [4.78, 5) is 23.5. The Hall–Kier alpha value is -1.10. The summed E-state index contributed by atoms with van der Waals surface area (Å²) in [5.74, 6) is -1.12. The number of unbranched alkanes of at least 4 members (excludes halogenated alkanes) is 1. The SMILES string of the molecule is CCCC[C@H](NC(=O)C1(CN)CCCCC1)C(=O)O. The Morgan fingerprint density at radius 2 is 1.95 bits per heavy atom. The van der Waals surface area contributed by atoms with E-state index in [1.54, 1.807) is 0 Å². The van der Waals surface area contributed by atoms with Gasteiger partial charge in [-0.1, -0.05) is 39.0 Å². The molecule has 0 saturated heterocycles. The van der Waals surface area contributed by atoms with Gasteiger partial charge in [-0.2, -0.15) is 0 Å². The van der Waals surface area contributed by atoms with Gasteiger partial charge in [0.15, 0.2) is 0 Å². The first-order valence-electron chi connectivity index (χ1n) is 7.29. The summed E-state index contributed by atoms with van der Waals surface area (Å²) in [6.07, 6.45) is 6.87. The number of carbonyl (C=O) groups is 2. The van der Waals surface area contributed by atoms with Crippen molar-refractivity contribution in [3.05, 3.63) is 0 Å². The smallest absolute Gasteiger partial charge is 0.326 e. The van der Waals surface area contributed by atoms with Crippen molar-refractivity contribution in [3.8, 4) is 0 Å². The van der Waals surface area contributed by atoms with Crippen LogP contribution in [0.5, 0.6) is 0 Å². The summed E-state index contributed by atoms with van der Waals surface area (Å²) in [5.41, 5.74) is 5.24. The molecule has 0 heterocycles.